The van der Waals surface area contributed by atoms with Crippen LogP contribution in [-0.2, 0) is 6.54 Å². The van der Waals surface area contributed by atoms with E-state index in [9.17, 15) is 0 Å². The summed E-state index contributed by atoms with van der Waals surface area (Å²) in [5, 5.41) is 0. The second-order valence-electron chi connectivity index (χ2n) is 5.61. The summed E-state index contributed by atoms with van der Waals surface area (Å²) >= 11 is 0. The van der Waals surface area contributed by atoms with Gasteiger partial charge in [-0.1, -0.05) is 13.0 Å². The molecule has 122 valence electrons. The van der Waals surface area contributed by atoms with Gasteiger partial charge in [0.25, 0.3) is 0 Å². The number of hydrogen-bond donors (Lipinski definition) is 0. The molecule has 0 N–H and O–H groups in total. The van der Waals surface area contributed by atoms with E-state index in [0.29, 0.717) is 0 Å². The molecule has 0 unspecified atom stereocenters. The minimum Gasteiger partial charge on any atom is -0.496 e. The van der Waals surface area contributed by atoms with Crippen molar-refractivity contribution in [1.29, 1.82) is 0 Å². The first-order chi connectivity index (χ1) is 11.2. The maximum Gasteiger partial charge on any atom is 0.231 e. The number of ether oxygens (including phenoxy) is 3. The Hall–Kier alpha value is -2.27. The molecule has 23 heavy (non-hydrogen) atoms. The molecule has 0 bridgehead atoms. The number of pyridine rings is 1. The smallest absolute Gasteiger partial charge is 0.231 e. The van der Waals surface area contributed by atoms with E-state index in [2.05, 4.69) is 29.9 Å². The molecule has 0 amide bonds. The number of aromatic nitrogens is 1. The second-order valence-corrected chi connectivity index (χ2v) is 5.61. The van der Waals surface area contributed by atoms with Crippen LogP contribution in [0.25, 0.3) is 0 Å². The molecule has 0 radical (unpaired) electrons. The van der Waals surface area contributed by atoms with Crippen LogP contribution < -0.4 is 14.2 Å². The third-order valence-corrected chi connectivity index (χ3v) is 4.14. The first-order valence-corrected chi connectivity index (χ1v) is 7.80. The van der Waals surface area contributed by atoms with Gasteiger partial charge in [-0.2, -0.15) is 0 Å². The Balaban J connectivity index is 1.83. The maximum absolute atomic E-state index is 5.51. The van der Waals surface area contributed by atoms with Gasteiger partial charge >= 0.3 is 0 Å². The van der Waals surface area contributed by atoms with Gasteiger partial charge < -0.3 is 14.2 Å². The molecule has 1 atom stereocenters. The first kappa shape index (κ1) is 15.6. The molecule has 2 aromatic rings. The molecular formula is C18H22N2O3. The highest BCUT2D eigenvalue weighted by molar-refractivity contribution is 5.51. The summed E-state index contributed by atoms with van der Waals surface area (Å²) in [4.78, 5) is 6.78. The molecule has 3 rings (SSSR count). The van der Waals surface area contributed by atoms with Crippen LogP contribution in [0.2, 0.25) is 0 Å². The Bertz CT molecular complexity index is 661. The lowest BCUT2D eigenvalue weighted by molar-refractivity contribution is 0.173. The Morgan fingerprint density at radius 2 is 2.04 bits per heavy atom. The predicted molar refractivity (Wildman–Crippen MR) is 87.9 cm³/mol. The minimum absolute atomic E-state index is 0.256. The topological polar surface area (TPSA) is 43.8 Å². The van der Waals surface area contributed by atoms with Crippen molar-refractivity contribution in [2.75, 3.05) is 21.0 Å². The van der Waals surface area contributed by atoms with Crippen molar-refractivity contribution in [2.24, 2.45) is 0 Å². The molecule has 0 spiro atoms. The average molecular weight is 314 g/mol. The number of nitrogens with zero attached hydrogens (tertiary/aromatic N) is 2. The van der Waals surface area contributed by atoms with E-state index < -0.39 is 0 Å². The van der Waals surface area contributed by atoms with Crippen molar-refractivity contribution < 1.29 is 14.2 Å². The summed E-state index contributed by atoms with van der Waals surface area (Å²) in [6.07, 6.45) is 2.83. The van der Waals surface area contributed by atoms with E-state index in [1.807, 2.05) is 30.5 Å². The fourth-order valence-electron chi connectivity index (χ4n) is 2.98. The molecule has 2 heterocycles. The van der Waals surface area contributed by atoms with Gasteiger partial charge in [0.05, 0.1) is 18.8 Å². The van der Waals surface area contributed by atoms with Gasteiger partial charge in [-0.3, -0.25) is 9.88 Å². The number of hydrogen-bond acceptors (Lipinski definition) is 5. The molecule has 5 heteroatoms. The Labute approximate surface area is 136 Å². The standard InChI is InChI=1S/C18H22N2O3/c1-4-15(14-7-5-6-8-19-14)20(2)11-13-9-17-18(23-12-22-17)10-16(13)21-3/h5-10,15H,4,11-12H2,1-3H3/t15-/m1/s1. The second kappa shape index (κ2) is 6.87. The molecule has 0 aliphatic carbocycles. The van der Waals surface area contributed by atoms with Crippen LogP contribution in [0, 0.1) is 0 Å². The molecule has 1 aliphatic rings. The quantitative estimate of drug-likeness (QED) is 0.817. The zero-order valence-electron chi connectivity index (χ0n) is 13.8. The van der Waals surface area contributed by atoms with Crippen LogP contribution in [0.3, 0.4) is 0 Å². The monoisotopic (exact) mass is 314 g/mol. The van der Waals surface area contributed by atoms with Crippen LogP contribution >= 0.6 is 0 Å². The number of fused-ring (bicyclic) bond motifs is 1. The van der Waals surface area contributed by atoms with Crippen molar-refractivity contribution in [3.8, 4) is 17.2 Å². The largest absolute Gasteiger partial charge is 0.496 e. The molecule has 1 aromatic carbocycles. The minimum atomic E-state index is 0.256. The average Bonchev–Trinajstić information content (AvgIpc) is 3.03. The van der Waals surface area contributed by atoms with E-state index in [4.69, 9.17) is 14.2 Å². The fourth-order valence-corrected chi connectivity index (χ4v) is 2.98. The van der Waals surface area contributed by atoms with Crippen LogP contribution in [0.1, 0.15) is 30.6 Å². The van der Waals surface area contributed by atoms with Crippen molar-refractivity contribution >= 4 is 0 Å². The lowest BCUT2D eigenvalue weighted by Gasteiger charge is -2.27. The molecule has 0 saturated heterocycles. The highest BCUT2D eigenvalue weighted by atomic mass is 16.7. The lowest BCUT2D eigenvalue weighted by Crippen LogP contribution is -2.24. The van der Waals surface area contributed by atoms with Crippen molar-refractivity contribution in [3.63, 3.8) is 0 Å². The Morgan fingerprint density at radius 3 is 2.70 bits per heavy atom. The van der Waals surface area contributed by atoms with E-state index in [1.54, 1.807) is 7.11 Å². The van der Waals surface area contributed by atoms with Gasteiger partial charge in [0, 0.05) is 24.4 Å². The molecule has 5 nitrogen and oxygen atoms in total. The van der Waals surface area contributed by atoms with Gasteiger partial charge in [0.1, 0.15) is 5.75 Å². The summed E-state index contributed by atoms with van der Waals surface area (Å²) in [6.45, 7) is 3.19. The zero-order chi connectivity index (χ0) is 16.2. The van der Waals surface area contributed by atoms with Crippen LogP contribution in [0.4, 0.5) is 0 Å². The summed E-state index contributed by atoms with van der Waals surface area (Å²) in [5.41, 5.74) is 2.16. The molecule has 1 aromatic heterocycles. The maximum atomic E-state index is 5.51. The number of methoxy groups -OCH3 is 1. The van der Waals surface area contributed by atoms with E-state index in [0.717, 1.165) is 41.5 Å². The third kappa shape index (κ3) is 3.24. The summed E-state index contributed by atoms with van der Waals surface area (Å²) in [7, 11) is 3.78. The predicted octanol–water partition coefficient (Wildman–Crippen LogP) is 3.40. The summed E-state index contributed by atoms with van der Waals surface area (Å²) < 4.78 is 16.4. The molecule has 0 saturated carbocycles. The molecule has 1 aliphatic heterocycles. The van der Waals surface area contributed by atoms with Gasteiger partial charge in [0.15, 0.2) is 11.5 Å². The molecular weight excluding hydrogens is 292 g/mol. The van der Waals surface area contributed by atoms with Gasteiger partial charge in [-0.05, 0) is 31.7 Å². The molecule has 0 fully saturated rings. The fraction of sp³-hybridized carbons (Fsp3) is 0.389. The number of benzene rings is 1. The highest BCUT2D eigenvalue weighted by Gasteiger charge is 2.21. The first-order valence-electron chi connectivity index (χ1n) is 7.80. The van der Waals surface area contributed by atoms with Crippen LogP contribution in [-0.4, -0.2) is 30.8 Å². The van der Waals surface area contributed by atoms with E-state index in [-0.39, 0.29) is 12.8 Å². The van der Waals surface area contributed by atoms with Crippen molar-refractivity contribution in [2.45, 2.75) is 25.9 Å². The SMILES string of the molecule is CC[C@H](c1ccccn1)N(C)Cc1cc2c(cc1OC)OCO2. The van der Waals surface area contributed by atoms with E-state index >= 15 is 0 Å². The van der Waals surface area contributed by atoms with Crippen molar-refractivity contribution in [3.05, 3.63) is 47.8 Å². The normalized spacial score (nSPS) is 14.1. The third-order valence-electron chi connectivity index (χ3n) is 4.14. The van der Waals surface area contributed by atoms with Crippen molar-refractivity contribution in [1.82, 2.24) is 9.88 Å². The van der Waals surface area contributed by atoms with Crippen LogP contribution in [0.5, 0.6) is 17.2 Å². The number of rotatable bonds is 6. The highest BCUT2D eigenvalue weighted by Crippen LogP contribution is 2.39. The van der Waals surface area contributed by atoms with Gasteiger partial charge in [0.2, 0.25) is 6.79 Å². The Morgan fingerprint density at radius 1 is 1.26 bits per heavy atom. The Kier molecular flexibility index (Phi) is 4.67. The lowest BCUT2D eigenvalue weighted by atomic mass is 10.1. The summed E-state index contributed by atoms with van der Waals surface area (Å²) in [5.74, 6) is 2.34. The summed E-state index contributed by atoms with van der Waals surface area (Å²) in [6, 6.07) is 10.2. The van der Waals surface area contributed by atoms with E-state index in [1.165, 1.54) is 0 Å². The van der Waals surface area contributed by atoms with Gasteiger partial charge in [-0.25, -0.2) is 0 Å². The zero-order valence-corrected chi connectivity index (χ0v) is 13.8. The van der Waals surface area contributed by atoms with Crippen LogP contribution in [0.15, 0.2) is 36.5 Å². The van der Waals surface area contributed by atoms with Gasteiger partial charge in [-0.15, -0.1) is 0 Å².